The molecule has 1 unspecified atom stereocenters. The predicted octanol–water partition coefficient (Wildman–Crippen LogP) is 4.74. The standard InChI is InChI=1S/C19H22O2/c1-3-4-14-18(21-2)19(20)17-13-9-8-12-16(17)15-10-6-5-7-11-15/h5-13,18H,3-4,14H2,1-2H3. The van der Waals surface area contributed by atoms with Crippen molar-refractivity contribution in [1.82, 2.24) is 0 Å². The lowest BCUT2D eigenvalue weighted by atomic mass is 9.93. The summed E-state index contributed by atoms with van der Waals surface area (Å²) < 4.78 is 5.41. The van der Waals surface area contributed by atoms with Gasteiger partial charge in [-0.1, -0.05) is 74.4 Å². The van der Waals surface area contributed by atoms with E-state index in [0.717, 1.165) is 36.0 Å². The number of rotatable bonds is 7. The fourth-order valence-electron chi connectivity index (χ4n) is 2.49. The number of hydrogen-bond donors (Lipinski definition) is 0. The molecule has 0 aromatic heterocycles. The largest absolute Gasteiger partial charge is 0.373 e. The molecule has 0 radical (unpaired) electrons. The summed E-state index contributed by atoms with van der Waals surface area (Å²) in [4.78, 5) is 12.8. The van der Waals surface area contributed by atoms with Gasteiger partial charge < -0.3 is 4.74 Å². The average molecular weight is 282 g/mol. The Hall–Kier alpha value is -1.93. The summed E-state index contributed by atoms with van der Waals surface area (Å²) in [5.41, 5.74) is 2.78. The number of hydrogen-bond acceptors (Lipinski definition) is 2. The fourth-order valence-corrected chi connectivity index (χ4v) is 2.49. The van der Waals surface area contributed by atoms with Gasteiger partial charge in [0.15, 0.2) is 5.78 Å². The third-order valence-electron chi connectivity index (χ3n) is 3.67. The van der Waals surface area contributed by atoms with E-state index in [-0.39, 0.29) is 11.9 Å². The summed E-state index contributed by atoms with van der Waals surface area (Å²) in [6.45, 7) is 2.12. The minimum absolute atomic E-state index is 0.0744. The van der Waals surface area contributed by atoms with Gasteiger partial charge in [-0.15, -0.1) is 0 Å². The van der Waals surface area contributed by atoms with Crippen LogP contribution in [0.1, 0.15) is 36.5 Å². The third kappa shape index (κ3) is 3.79. The topological polar surface area (TPSA) is 26.3 Å². The SMILES string of the molecule is CCCCC(OC)C(=O)c1ccccc1-c1ccccc1. The zero-order chi connectivity index (χ0) is 15.1. The molecule has 21 heavy (non-hydrogen) atoms. The molecule has 2 aromatic carbocycles. The van der Waals surface area contributed by atoms with Gasteiger partial charge in [-0.2, -0.15) is 0 Å². The summed E-state index contributed by atoms with van der Waals surface area (Å²) >= 11 is 0. The molecule has 2 heteroatoms. The molecule has 110 valence electrons. The molecule has 0 amide bonds. The molecule has 0 fully saturated rings. The van der Waals surface area contributed by atoms with E-state index < -0.39 is 0 Å². The Kier molecular flexibility index (Phi) is 5.70. The molecule has 0 aliphatic heterocycles. The van der Waals surface area contributed by atoms with Crippen LogP contribution in [0.3, 0.4) is 0 Å². The van der Waals surface area contributed by atoms with Crippen molar-refractivity contribution in [2.75, 3.05) is 7.11 Å². The van der Waals surface area contributed by atoms with Crippen LogP contribution in [0.4, 0.5) is 0 Å². The molecule has 0 saturated carbocycles. The van der Waals surface area contributed by atoms with Crippen LogP contribution in [-0.4, -0.2) is 19.0 Å². The smallest absolute Gasteiger partial charge is 0.192 e. The third-order valence-corrected chi connectivity index (χ3v) is 3.67. The Morgan fingerprint density at radius 2 is 1.71 bits per heavy atom. The van der Waals surface area contributed by atoms with Crippen LogP contribution in [0.25, 0.3) is 11.1 Å². The van der Waals surface area contributed by atoms with E-state index >= 15 is 0 Å². The molecule has 0 N–H and O–H groups in total. The monoisotopic (exact) mass is 282 g/mol. The van der Waals surface area contributed by atoms with Crippen molar-refractivity contribution in [3.8, 4) is 11.1 Å². The van der Waals surface area contributed by atoms with Gasteiger partial charge in [0.05, 0.1) is 0 Å². The molecular weight excluding hydrogens is 260 g/mol. The van der Waals surface area contributed by atoms with Crippen LogP contribution in [0.2, 0.25) is 0 Å². The van der Waals surface area contributed by atoms with Crippen molar-refractivity contribution in [2.24, 2.45) is 0 Å². The van der Waals surface area contributed by atoms with E-state index in [1.165, 1.54) is 0 Å². The highest BCUT2D eigenvalue weighted by Crippen LogP contribution is 2.25. The van der Waals surface area contributed by atoms with Gasteiger partial charge in [-0.05, 0) is 17.5 Å². The highest BCUT2D eigenvalue weighted by molar-refractivity contribution is 6.05. The number of carbonyl (C=O) groups is 1. The number of ether oxygens (including phenoxy) is 1. The van der Waals surface area contributed by atoms with E-state index in [1.807, 2.05) is 54.6 Å². The van der Waals surface area contributed by atoms with Crippen LogP contribution >= 0.6 is 0 Å². The molecule has 0 heterocycles. The van der Waals surface area contributed by atoms with Crippen molar-refractivity contribution in [1.29, 1.82) is 0 Å². The lowest BCUT2D eigenvalue weighted by Crippen LogP contribution is -2.23. The van der Waals surface area contributed by atoms with Gasteiger partial charge in [-0.3, -0.25) is 4.79 Å². The first-order valence-electron chi connectivity index (χ1n) is 7.49. The highest BCUT2D eigenvalue weighted by Gasteiger charge is 2.21. The van der Waals surface area contributed by atoms with Gasteiger partial charge in [0, 0.05) is 12.7 Å². The highest BCUT2D eigenvalue weighted by atomic mass is 16.5. The maximum Gasteiger partial charge on any atom is 0.192 e. The number of ketones is 1. The maximum atomic E-state index is 12.8. The van der Waals surface area contributed by atoms with Crippen molar-refractivity contribution in [3.63, 3.8) is 0 Å². The van der Waals surface area contributed by atoms with Crippen LogP contribution in [-0.2, 0) is 4.74 Å². The van der Waals surface area contributed by atoms with Crippen molar-refractivity contribution >= 4 is 5.78 Å². The zero-order valence-electron chi connectivity index (χ0n) is 12.7. The Balaban J connectivity index is 2.33. The summed E-state index contributed by atoms with van der Waals surface area (Å²) in [5, 5.41) is 0. The van der Waals surface area contributed by atoms with E-state index in [4.69, 9.17) is 4.74 Å². The molecule has 2 nitrogen and oxygen atoms in total. The predicted molar refractivity (Wildman–Crippen MR) is 86.5 cm³/mol. The minimum Gasteiger partial charge on any atom is -0.373 e. The summed E-state index contributed by atoms with van der Waals surface area (Å²) in [6.07, 6.45) is 2.48. The van der Waals surface area contributed by atoms with E-state index in [0.29, 0.717) is 0 Å². The summed E-state index contributed by atoms with van der Waals surface area (Å²) in [6, 6.07) is 17.8. The van der Waals surface area contributed by atoms with Crippen LogP contribution in [0, 0.1) is 0 Å². The molecule has 1 atom stereocenters. The zero-order valence-corrected chi connectivity index (χ0v) is 12.7. The van der Waals surface area contributed by atoms with Crippen LogP contribution in [0.5, 0.6) is 0 Å². The van der Waals surface area contributed by atoms with Gasteiger partial charge in [0.1, 0.15) is 6.10 Å². The number of carbonyl (C=O) groups excluding carboxylic acids is 1. The van der Waals surface area contributed by atoms with Crippen LogP contribution < -0.4 is 0 Å². The van der Waals surface area contributed by atoms with Crippen LogP contribution in [0.15, 0.2) is 54.6 Å². The minimum atomic E-state index is -0.352. The van der Waals surface area contributed by atoms with Gasteiger partial charge in [-0.25, -0.2) is 0 Å². The van der Waals surface area contributed by atoms with E-state index in [2.05, 4.69) is 6.92 Å². The Morgan fingerprint density at radius 1 is 1.05 bits per heavy atom. The lowest BCUT2D eigenvalue weighted by molar-refractivity contribution is 0.0575. The molecule has 0 spiro atoms. The van der Waals surface area contributed by atoms with E-state index in [1.54, 1.807) is 7.11 Å². The summed E-state index contributed by atoms with van der Waals surface area (Å²) in [5.74, 6) is 0.0744. The summed E-state index contributed by atoms with van der Waals surface area (Å²) in [7, 11) is 1.61. The molecule has 0 aliphatic rings. The fraction of sp³-hybridized carbons (Fsp3) is 0.316. The number of unbranched alkanes of at least 4 members (excludes halogenated alkanes) is 1. The lowest BCUT2D eigenvalue weighted by Gasteiger charge is -2.16. The first kappa shape index (κ1) is 15.5. The first-order chi connectivity index (χ1) is 10.3. The van der Waals surface area contributed by atoms with Gasteiger partial charge in [0.25, 0.3) is 0 Å². The quantitative estimate of drug-likeness (QED) is 0.685. The molecule has 0 aliphatic carbocycles. The Labute approximate surface area is 126 Å². The van der Waals surface area contributed by atoms with Gasteiger partial charge >= 0.3 is 0 Å². The van der Waals surface area contributed by atoms with Crippen molar-refractivity contribution in [3.05, 3.63) is 60.2 Å². The van der Waals surface area contributed by atoms with E-state index in [9.17, 15) is 4.79 Å². The number of Topliss-reactive ketones (excluding diaryl/α,β-unsaturated/α-hetero) is 1. The normalized spacial score (nSPS) is 12.1. The second kappa shape index (κ2) is 7.75. The second-order valence-corrected chi connectivity index (χ2v) is 5.14. The maximum absolute atomic E-state index is 12.8. The molecule has 0 bridgehead atoms. The number of benzene rings is 2. The van der Waals surface area contributed by atoms with Gasteiger partial charge in [0.2, 0.25) is 0 Å². The molecule has 2 rings (SSSR count). The Bertz CT molecular complexity index is 575. The number of methoxy groups -OCH3 is 1. The van der Waals surface area contributed by atoms with Crippen molar-refractivity contribution in [2.45, 2.75) is 32.3 Å². The van der Waals surface area contributed by atoms with Crippen molar-refractivity contribution < 1.29 is 9.53 Å². The molecule has 2 aromatic rings. The second-order valence-electron chi connectivity index (χ2n) is 5.14. The average Bonchev–Trinajstić information content (AvgIpc) is 2.56. The molecule has 0 saturated heterocycles. The Morgan fingerprint density at radius 3 is 2.38 bits per heavy atom. The molecular formula is C19H22O2. The first-order valence-corrected chi connectivity index (χ1v) is 7.49.